The van der Waals surface area contributed by atoms with Gasteiger partial charge in [-0.2, -0.15) is 0 Å². The van der Waals surface area contributed by atoms with Crippen molar-refractivity contribution >= 4 is 12.0 Å². The average molecular weight is 373 g/mol. The Bertz CT molecular complexity index is 818. The van der Waals surface area contributed by atoms with Crippen LogP contribution in [-0.2, 0) is 9.53 Å². The van der Waals surface area contributed by atoms with Crippen molar-refractivity contribution in [3.63, 3.8) is 0 Å². The predicted molar refractivity (Wildman–Crippen MR) is 101 cm³/mol. The van der Waals surface area contributed by atoms with Gasteiger partial charge in [0.2, 0.25) is 0 Å². The Morgan fingerprint density at radius 2 is 1.93 bits per heavy atom. The van der Waals surface area contributed by atoms with E-state index in [1.807, 2.05) is 19.9 Å². The van der Waals surface area contributed by atoms with Crippen molar-refractivity contribution in [1.82, 2.24) is 4.98 Å². The number of aliphatic hydroxyl groups is 2. The molecular weight excluding hydrogens is 349 g/mol. The molecular formula is C21H24FNO4. The van der Waals surface area contributed by atoms with E-state index in [0.29, 0.717) is 0 Å². The minimum atomic E-state index is -0.995. The SMILES string of the molecule is COC(=O)C[C@H](O)C[C@H](O)C=Cc1c(-c2ccc(F)cc2)cc(C)nc1C. The zero-order chi connectivity index (χ0) is 20.0. The zero-order valence-corrected chi connectivity index (χ0v) is 15.6. The number of carbonyl (C=O) groups is 1. The molecule has 144 valence electrons. The van der Waals surface area contributed by atoms with Crippen LogP contribution in [0.15, 0.2) is 36.4 Å². The molecule has 2 rings (SSSR count). The Kier molecular flexibility index (Phi) is 7.21. The first-order valence-electron chi connectivity index (χ1n) is 8.65. The molecule has 2 N–H and O–H groups in total. The van der Waals surface area contributed by atoms with Crippen LogP contribution in [0.3, 0.4) is 0 Å². The van der Waals surface area contributed by atoms with Crippen molar-refractivity contribution in [2.75, 3.05) is 7.11 Å². The molecule has 0 saturated carbocycles. The standard InChI is InChI=1S/C21H24FNO4/c1-13-10-20(15-4-6-16(22)7-5-15)19(14(2)23-13)9-8-17(24)11-18(25)12-21(26)27-3/h4-10,17-18,24-25H,11-12H2,1-3H3/t17-,18-/m1/s1. The summed E-state index contributed by atoms with van der Waals surface area (Å²) >= 11 is 0. The van der Waals surface area contributed by atoms with E-state index in [1.54, 1.807) is 24.3 Å². The molecule has 2 aromatic rings. The van der Waals surface area contributed by atoms with E-state index in [9.17, 15) is 19.4 Å². The van der Waals surface area contributed by atoms with Crippen LogP contribution in [0.4, 0.5) is 4.39 Å². The van der Waals surface area contributed by atoms with Gasteiger partial charge in [0.25, 0.3) is 0 Å². The number of rotatable bonds is 7. The Morgan fingerprint density at radius 3 is 2.56 bits per heavy atom. The summed E-state index contributed by atoms with van der Waals surface area (Å²) in [4.78, 5) is 15.6. The first-order valence-corrected chi connectivity index (χ1v) is 8.65. The lowest BCUT2D eigenvalue weighted by molar-refractivity contribution is -0.143. The molecule has 1 aromatic heterocycles. The van der Waals surface area contributed by atoms with Gasteiger partial charge in [0, 0.05) is 23.4 Å². The highest BCUT2D eigenvalue weighted by molar-refractivity contribution is 5.76. The summed E-state index contributed by atoms with van der Waals surface area (Å²) in [6.45, 7) is 3.74. The second-order valence-corrected chi connectivity index (χ2v) is 6.41. The van der Waals surface area contributed by atoms with Crippen molar-refractivity contribution in [2.24, 2.45) is 0 Å². The predicted octanol–water partition coefficient (Wildman–Crippen LogP) is 3.19. The lowest BCUT2D eigenvalue weighted by Gasteiger charge is -2.13. The normalized spacial score (nSPS) is 13.6. The van der Waals surface area contributed by atoms with Crippen LogP contribution in [0.25, 0.3) is 17.2 Å². The van der Waals surface area contributed by atoms with E-state index in [4.69, 9.17) is 0 Å². The molecule has 0 radical (unpaired) electrons. The molecule has 0 aliphatic carbocycles. The number of aryl methyl sites for hydroxylation is 2. The molecule has 2 atom stereocenters. The van der Waals surface area contributed by atoms with E-state index < -0.39 is 18.2 Å². The number of hydrogen-bond acceptors (Lipinski definition) is 5. The van der Waals surface area contributed by atoms with E-state index in [1.165, 1.54) is 19.2 Å². The van der Waals surface area contributed by atoms with Crippen LogP contribution in [0, 0.1) is 19.7 Å². The highest BCUT2D eigenvalue weighted by atomic mass is 19.1. The molecule has 0 amide bonds. The number of ether oxygens (including phenoxy) is 1. The second-order valence-electron chi connectivity index (χ2n) is 6.41. The minimum absolute atomic E-state index is 0.00974. The highest BCUT2D eigenvalue weighted by Crippen LogP contribution is 2.28. The lowest BCUT2D eigenvalue weighted by atomic mass is 9.97. The fourth-order valence-electron chi connectivity index (χ4n) is 2.84. The first kappa shape index (κ1) is 20.7. The van der Waals surface area contributed by atoms with Crippen LogP contribution < -0.4 is 0 Å². The number of esters is 1. The number of aliphatic hydroxyl groups excluding tert-OH is 2. The molecule has 1 aromatic carbocycles. The quantitative estimate of drug-likeness (QED) is 0.729. The van der Waals surface area contributed by atoms with E-state index in [-0.39, 0.29) is 18.7 Å². The third-order valence-electron chi connectivity index (χ3n) is 4.16. The van der Waals surface area contributed by atoms with E-state index in [0.717, 1.165) is 28.1 Å². The van der Waals surface area contributed by atoms with Crippen molar-refractivity contribution < 1.29 is 24.1 Å². The fourth-order valence-corrected chi connectivity index (χ4v) is 2.84. The molecule has 0 bridgehead atoms. The maximum atomic E-state index is 13.2. The van der Waals surface area contributed by atoms with Gasteiger partial charge in [0.15, 0.2) is 0 Å². The van der Waals surface area contributed by atoms with Crippen LogP contribution in [0.1, 0.15) is 29.8 Å². The number of benzene rings is 1. The van der Waals surface area contributed by atoms with Gasteiger partial charge in [0.05, 0.1) is 25.7 Å². The maximum absolute atomic E-state index is 13.2. The third-order valence-corrected chi connectivity index (χ3v) is 4.16. The number of nitrogens with zero attached hydrogens (tertiary/aromatic N) is 1. The number of methoxy groups -OCH3 is 1. The van der Waals surface area contributed by atoms with Gasteiger partial charge < -0.3 is 14.9 Å². The third kappa shape index (κ3) is 5.98. The molecule has 0 fully saturated rings. The number of carbonyl (C=O) groups excluding carboxylic acids is 1. The van der Waals surface area contributed by atoms with E-state index >= 15 is 0 Å². The molecule has 27 heavy (non-hydrogen) atoms. The van der Waals surface area contributed by atoms with Crippen LogP contribution in [0.2, 0.25) is 0 Å². The van der Waals surface area contributed by atoms with Crippen LogP contribution in [0.5, 0.6) is 0 Å². The van der Waals surface area contributed by atoms with Gasteiger partial charge in [0.1, 0.15) is 5.82 Å². The molecule has 6 heteroatoms. The summed E-state index contributed by atoms with van der Waals surface area (Å²) in [7, 11) is 1.25. The zero-order valence-electron chi connectivity index (χ0n) is 15.6. The monoisotopic (exact) mass is 373 g/mol. The van der Waals surface area contributed by atoms with Gasteiger partial charge in [-0.15, -0.1) is 0 Å². The Balaban J connectivity index is 2.23. The summed E-state index contributed by atoms with van der Waals surface area (Å²) in [5.74, 6) is -0.843. The van der Waals surface area contributed by atoms with Crippen molar-refractivity contribution in [1.29, 1.82) is 0 Å². The van der Waals surface area contributed by atoms with E-state index in [2.05, 4.69) is 9.72 Å². The Labute approximate surface area is 158 Å². The molecule has 5 nitrogen and oxygen atoms in total. The van der Waals surface area contributed by atoms with Crippen molar-refractivity contribution in [2.45, 2.75) is 38.9 Å². The smallest absolute Gasteiger partial charge is 0.308 e. The summed E-state index contributed by atoms with van der Waals surface area (Å²) in [6.07, 6.45) is 1.18. The van der Waals surface area contributed by atoms with Gasteiger partial charge in [-0.05, 0) is 43.2 Å². The van der Waals surface area contributed by atoms with Gasteiger partial charge in [-0.1, -0.05) is 24.3 Å². The maximum Gasteiger partial charge on any atom is 0.308 e. The Hall–Kier alpha value is -2.57. The first-order chi connectivity index (χ1) is 12.8. The van der Waals surface area contributed by atoms with Crippen molar-refractivity contribution in [3.05, 3.63) is 59.2 Å². The molecule has 0 saturated heterocycles. The summed E-state index contributed by atoms with van der Waals surface area (Å²) < 4.78 is 17.7. The molecule has 0 aliphatic rings. The molecule has 1 heterocycles. The van der Waals surface area contributed by atoms with Gasteiger partial charge >= 0.3 is 5.97 Å². The highest BCUT2D eigenvalue weighted by Gasteiger charge is 2.15. The minimum Gasteiger partial charge on any atom is -0.469 e. The lowest BCUT2D eigenvalue weighted by Crippen LogP contribution is -2.20. The number of pyridine rings is 1. The number of aromatic nitrogens is 1. The fraction of sp³-hybridized carbons (Fsp3) is 0.333. The summed E-state index contributed by atoms with van der Waals surface area (Å²) in [5, 5.41) is 20.0. The topological polar surface area (TPSA) is 79.7 Å². The van der Waals surface area contributed by atoms with Gasteiger partial charge in [-0.25, -0.2) is 4.39 Å². The molecule has 0 aliphatic heterocycles. The average Bonchev–Trinajstić information content (AvgIpc) is 2.60. The Morgan fingerprint density at radius 1 is 1.26 bits per heavy atom. The van der Waals surface area contributed by atoms with Crippen LogP contribution >= 0.6 is 0 Å². The van der Waals surface area contributed by atoms with Crippen LogP contribution in [-0.4, -0.2) is 40.5 Å². The number of halogens is 1. The second kappa shape index (κ2) is 9.39. The van der Waals surface area contributed by atoms with Crippen molar-refractivity contribution in [3.8, 4) is 11.1 Å². The molecule has 0 spiro atoms. The number of hydrogen-bond donors (Lipinski definition) is 2. The largest absolute Gasteiger partial charge is 0.469 e. The molecule has 0 unspecified atom stereocenters. The summed E-state index contributed by atoms with van der Waals surface area (Å²) in [5.41, 5.74) is 4.11. The summed E-state index contributed by atoms with van der Waals surface area (Å²) in [6, 6.07) is 8.07. The van der Waals surface area contributed by atoms with Gasteiger partial charge in [-0.3, -0.25) is 9.78 Å².